The molecule has 2 saturated heterocycles. The molecule has 1 saturated carbocycles. The Labute approximate surface area is 217 Å². The molecule has 3 fully saturated rings. The van der Waals surface area contributed by atoms with E-state index in [0.717, 1.165) is 55.3 Å². The summed E-state index contributed by atoms with van der Waals surface area (Å²) in [6.45, 7) is 4.84. The molecule has 6 nitrogen and oxygen atoms in total. The van der Waals surface area contributed by atoms with E-state index in [1.54, 1.807) is 12.1 Å². The maximum atomic E-state index is 14.5. The molecule has 1 unspecified atom stereocenters. The molecule has 2 aromatic rings. The van der Waals surface area contributed by atoms with E-state index in [4.69, 9.17) is 37.7 Å². The van der Waals surface area contributed by atoms with Gasteiger partial charge in [0.1, 0.15) is 5.82 Å². The Balaban J connectivity index is 0.000000672. The van der Waals surface area contributed by atoms with Crippen molar-refractivity contribution in [3.8, 4) is 0 Å². The number of hydrogen-bond donors (Lipinski definition) is 1. The van der Waals surface area contributed by atoms with Crippen molar-refractivity contribution in [2.24, 2.45) is 5.73 Å². The number of nitrogens with zero attached hydrogens (tertiary/aromatic N) is 2. The van der Waals surface area contributed by atoms with Gasteiger partial charge in [0.2, 0.25) is 0 Å². The van der Waals surface area contributed by atoms with E-state index in [2.05, 4.69) is 16.7 Å². The van der Waals surface area contributed by atoms with Crippen molar-refractivity contribution in [1.82, 2.24) is 9.80 Å². The fourth-order valence-corrected chi connectivity index (χ4v) is 5.95. The van der Waals surface area contributed by atoms with Crippen molar-refractivity contribution in [3.63, 3.8) is 0 Å². The van der Waals surface area contributed by atoms with Gasteiger partial charge in [0.05, 0.1) is 5.56 Å². The van der Waals surface area contributed by atoms with Gasteiger partial charge in [-0.15, -0.1) is 0 Å². The Bertz CT molecular complexity index is 1120. The number of nitrogens with two attached hydrogens (primary N) is 1. The number of benzene rings is 2. The van der Waals surface area contributed by atoms with E-state index in [9.17, 15) is 9.18 Å². The van der Waals surface area contributed by atoms with Gasteiger partial charge in [0.25, 0.3) is 5.91 Å². The highest BCUT2D eigenvalue weighted by Gasteiger charge is 2.45. The van der Waals surface area contributed by atoms with Crippen LogP contribution in [0.4, 0.5) is 4.39 Å². The van der Waals surface area contributed by atoms with Gasteiger partial charge < -0.3 is 10.3 Å². The number of halogens is 3. The van der Waals surface area contributed by atoms with E-state index in [1.807, 2.05) is 12.1 Å². The van der Waals surface area contributed by atoms with Gasteiger partial charge >= 0.3 is 0 Å². The predicted molar refractivity (Wildman–Crippen MR) is 136 cm³/mol. The van der Waals surface area contributed by atoms with Crippen molar-refractivity contribution in [2.75, 3.05) is 19.3 Å². The number of fused-ring (bicyclic) bond motifs is 2. The zero-order chi connectivity index (χ0) is 25.4. The fourth-order valence-electron chi connectivity index (χ4n) is 5.41. The average molecular weight is 541 g/mol. The molecule has 2 aliphatic heterocycles. The molecule has 0 spiro atoms. The summed E-state index contributed by atoms with van der Waals surface area (Å²) >= 11 is 10.6. The van der Waals surface area contributed by atoms with E-state index in [-0.39, 0.29) is 11.6 Å². The molecular weight excluding hydrogens is 512 g/mol. The van der Waals surface area contributed by atoms with E-state index >= 15 is 0 Å². The SMILES string of the molecule is CS(=O)[O-].C[C@H](c1cc(Cl)cc(Cl)c1)N1C[C@@H]2C[C@H]1CN2Cc1cc(F)c(C(N)=O)cc1C1CC1. The molecule has 10 heteroatoms. The molecular formula is C25H29Cl2FN3O3S-. The van der Waals surface area contributed by atoms with Crippen LogP contribution in [-0.2, 0) is 17.6 Å². The smallest absolute Gasteiger partial charge is 0.251 e. The largest absolute Gasteiger partial charge is 0.773 e. The number of carbonyl (C=O) groups excluding carboxylic acids is 1. The first-order chi connectivity index (χ1) is 16.5. The summed E-state index contributed by atoms with van der Waals surface area (Å²) in [6, 6.07) is 10.1. The highest BCUT2D eigenvalue weighted by atomic mass is 35.5. The van der Waals surface area contributed by atoms with Gasteiger partial charge in [-0.2, -0.15) is 0 Å². The number of likely N-dealkylation sites (tertiary alicyclic amines) is 2. The van der Waals surface area contributed by atoms with E-state index < -0.39 is 22.8 Å². The summed E-state index contributed by atoms with van der Waals surface area (Å²) in [4.78, 5) is 16.6. The Hall–Kier alpha value is -1.55. The van der Waals surface area contributed by atoms with Crippen LogP contribution >= 0.6 is 23.2 Å². The highest BCUT2D eigenvalue weighted by molar-refractivity contribution is 7.78. The van der Waals surface area contributed by atoms with Crippen molar-refractivity contribution < 1.29 is 17.9 Å². The predicted octanol–water partition coefficient (Wildman–Crippen LogP) is 4.62. The minimum absolute atomic E-state index is 0.00813. The highest BCUT2D eigenvalue weighted by Crippen LogP contribution is 2.44. The second-order valence-corrected chi connectivity index (χ2v) is 11.3. The lowest BCUT2D eigenvalue weighted by atomic mass is 9.98. The standard InChI is InChI=1S/C24H26Cl2FN3O.CH4O2S/c1-13(15-4-17(25)7-18(26)5-15)30-12-19-8-20(30)11-29(19)10-16-6-23(27)22(24(28)31)9-21(16)14-2-3-14;1-4(2)3/h4-7,9,13-14,19-20H,2-3,8,10-12H2,1H3,(H2,28,31);1H3,(H,2,3)/p-1/t13-,19+,20+;/m1./s1. The number of rotatable bonds is 6. The Morgan fingerprint density at radius 3 is 2.31 bits per heavy atom. The number of piperazine rings is 1. The number of carbonyl (C=O) groups is 1. The van der Waals surface area contributed by atoms with Gasteiger partial charge in [-0.25, -0.2) is 4.39 Å². The van der Waals surface area contributed by atoms with Gasteiger partial charge in [-0.3, -0.25) is 18.8 Å². The van der Waals surface area contributed by atoms with Crippen LogP contribution in [0.25, 0.3) is 0 Å². The van der Waals surface area contributed by atoms with Gasteiger partial charge in [-0.05, 0) is 85.4 Å². The van der Waals surface area contributed by atoms with Crippen molar-refractivity contribution in [1.29, 1.82) is 0 Å². The minimum atomic E-state index is -1.86. The second kappa shape index (κ2) is 10.8. The lowest BCUT2D eigenvalue weighted by Crippen LogP contribution is -2.46. The molecule has 5 rings (SSSR count). The van der Waals surface area contributed by atoms with Crippen molar-refractivity contribution >= 4 is 40.2 Å². The maximum Gasteiger partial charge on any atom is 0.251 e. The van der Waals surface area contributed by atoms with Crippen molar-refractivity contribution in [2.45, 2.75) is 56.8 Å². The van der Waals surface area contributed by atoms with Crippen LogP contribution in [0.5, 0.6) is 0 Å². The molecule has 0 radical (unpaired) electrons. The fraction of sp³-hybridized carbons (Fsp3) is 0.480. The third kappa shape index (κ3) is 6.24. The molecule has 1 amide bonds. The number of amides is 1. The van der Waals surface area contributed by atoms with E-state index in [0.29, 0.717) is 34.6 Å². The summed E-state index contributed by atoms with van der Waals surface area (Å²) in [5.41, 5.74) is 8.60. The first-order valence-electron chi connectivity index (χ1n) is 11.6. The summed E-state index contributed by atoms with van der Waals surface area (Å²) in [6.07, 6.45) is 4.38. The maximum absolute atomic E-state index is 14.5. The average Bonchev–Trinajstić information content (AvgIpc) is 3.41. The third-order valence-electron chi connectivity index (χ3n) is 7.15. The normalized spacial score (nSPS) is 23.6. The summed E-state index contributed by atoms with van der Waals surface area (Å²) in [5.74, 6) is -0.779. The molecule has 0 aromatic heterocycles. The van der Waals surface area contributed by atoms with Crippen LogP contribution < -0.4 is 5.73 Å². The second-order valence-electron chi connectivity index (χ2n) is 9.62. The summed E-state index contributed by atoms with van der Waals surface area (Å²) in [7, 11) is 0. The molecule has 2 bridgehead atoms. The van der Waals surface area contributed by atoms with Crippen LogP contribution in [0.1, 0.15) is 65.2 Å². The topological polar surface area (TPSA) is 89.7 Å². The lowest BCUT2D eigenvalue weighted by molar-refractivity contribution is 0.0935. The third-order valence-corrected chi connectivity index (χ3v) is 7.58. The van der Waals surface area contributed by atoms with Gasteiger partial charge in [0, 0.05) is 47.8 Å². The molecule has 2 heterocycles. The van der Waals surface area contributed by atoms with E-state index in [1.165, 1.54) is 6.07 Å². The molecule has 2 N–H and O–H groups in total. The molecule has 1 aliphatic carbocycles. The number of hydrogen-bond acceptors (Lipinski definition) is 5. The quantitative estimate of drug-likeness (QED) is 0.539. The number of primary amides is 1. The molecule has 4 atom stereocenters. The van der Waals surface area contributed by atoms with Crippen LogP contribution in [0, 0.1) is 5.82 Å². The van der Waals surface area contributed by atoms with Gasteiger partial charge in [0.15, 0.2) is 0 Å². The lowest BCUT2D eigenvalue weighted by Gasteiger charge is -2.38. The molecule has 190 valence electrons. The summed E-state index contributed by atoms with van der Waals surface area (Å²) < 4.78 is 32.5. The first kappa shape index (κ1) is 26.5. The molecule has 35 heavy (non-hydrogen) atoms. The van der Waals surface area contributed by atoms with Gasteiger partial charge in [-0.1, -0.05) is 34.3 Å². The minimum Gasteiger partial charge on any atom is -0.773 e. The van der Waals surface area contributed by atoms with Crippen LogP contribution in [0.2, 0.25) is 10.0 Å². The zero-order valence-electron chi connectivity index (χ0n) is 19.7. The van der Waals surface area contributed by atoms with Crippen molar-refractivity contribution in [3.05, 3.63) is 68.4 Å². The molecule has 2 aromatic carbocycles. The monoisotopic (exact) mass is 540 g/mol. The van der Waals surface area contributed by atoms with Crippen LogP contribution in [0.15, 0.2) is 30.3 Å². The Morgan fingerprint density at radius 1 is 1.17 bits per heavy atom. The van der Waals surface area contributed by atoms with Crippen LogP contribution in [0.3, 0.4) is 0 Å². The first-order valence-corrected chi connectivity index (χ1v) is 13.9. The zero-order valence-corrected chi connectivity index (χ0v) is 22.0. The van der Waals surface area contributed by atoms with Crippen LogP contribution in [-0.4, -0.2) is 55.9 Å². The molecule has 3 aliphatic rings. The summed E-state index contributed by atoms with van der Waals surface area (Å²) in [5, 5.41) is 1.32. The Kier molecular flexibility index (Phi) is 8.20. The Morgan fingerprint density at radius 2 is 1.80 bits per heavy atom.